The predicted octanol–water partition coefficient (Wildman–Crippen LogP) is 1.72. The second-order valence-electron chi connectivity index (χ2n) is 6.95. The average Bonchev–Trinajstić information content (AvgIpc) is 2.91. The van der Waals surface area contributed by atoms with E-state index in [0.29, 0.717) is 31.5 Å². The zero-order valence-electron chi connectivity index (χ0n) is 11.7. The molecule has 3 nitrogen and oxygen atoms in total. The van der Waals surface area contributed by atoms with E-state index in [9.17, 15) is 18.3 Å². The van der Waals surface area contributed by atoms with Crippen molar-refractivity contribution in [3.8, 4) is 0 Å². The monoisotopic (exact) mass is 292 g/mol. The highest BCUT2D eigenvalue weighted by Gasteiger charge is 2.45. The number of likely N-dealkylation sites (tertiary alicyclic amines) is 2. The Labute approximate surface area is 117 Å². The smallest absolute Gasteiger partial charge is 0.389 e. The van der Waals surface area contributed by atoms with Gasteiger partial charge in [0.1, 0.15) is 0 Å². The highest BCUT2D eigenvalue weighted by atomic mass is 19.4. The third kappa shape index (κ3) is 3.28. The summed E-state index contributed by atoms with van der Waals surface area (Å²) in [7, 11) is 0. The van der Waals surface area contributed by atoms with Crippen LogP contribution in [-0.4, -0.2) is 66.0 Å². The summed E-state index contributed by atoms with van der Waals surface area (Å²) in [6.45, 7) is 2.74. The first-order valence-corrected chi connectivity index (χ1v) is 7.57. The molecule has 0 aromatic heterocycles. The molecule has 116 valence electrons. The van der Waals surface area contributed by atoms with Crippen molar-refractivity contribution in [3.63, 3.8) is 0 Å². The van der Waals surface area contributed by atoms with Crippen LogP contribution in [0.25, 0.3) is 0 Å². The molecule has 2 saturated heterocycles. The second-order valence-corrected chi connectivity index (χ2v) is 6.95. The highest BCUT2D eigenvalue weighted by molar-refractivity contribution is 4.96. The molecule has 3 fully saturated rings. The van der Waals surface area contributed by atoms with Crippen LogP contribution in [0.4, 0.5) is 13.2 Å². The van der Waals surface area contributed by atoms with Gasteiger partial charge in [0.15, 0.2) is 0 Å². The minimum atomic E-state index is -4.09. The Morgan fingerprint density at radius 2 is 1.45 bits per heavy atom. The summed E-state index contributed by atoms with van der Waals surface area (Å²) in [6.07, 6.45) is -0.150. The quantitative estimate of drug-likeness (QED) is 0.858. The maximum atomic E-state index is 12.4. The molecule has 2 heterocycles. The van der Waals surface area contributed by atoms with Crippen LogP contribution in [0, 0.1) is 11.8 Å². The number of β-amino-alcohol motifs (C(OH)–C–C–N with tert-alkyl or cyclic N) is 1. The number of nitrogens with zero attached hydrogens (tertiary/aromatic N) is 2. The van der Waals surface area contributed by atoms with E-state index in [1.807, 2.05) is 0 Å². The fraction of sp³-hybridized carbons (Fsp3) is 1.00. The van der Waals surface area contributed by atoms with E-state index >= 15 is 0 Å². The lowest BCUT2D eigenvalue weighted by Gasteiger charge is -2.29. The number of halogens is 3. The van der Waals surface area contributed by atoms with Gasteiger partial charge >= 0.3 is 6.18 Å². The van der Waals surface area contributed by atoms with Gasteiger partial charge in [-0.2, -0.15) is 13.2 Å². The van der Waals surface area contributed by atoms with E-state index in [-0.39, 0.29) is 0 Å². The Bertz CT molecular complexity index is 341. The third-order valence-corrected chi connectivity index (χ3v) is 5.09. The van der Waals surface area contributed by atoms with E-state index in [4.69, 9.17) is 0 Å². The first-order valence-electron chi connectivity index (χ1n) is 7.57. The lowest BCUT2D eigenvalue weighted by atomic mass is 10.0. The first-order chi connectivity index (χ1) is 9.33. The maximum absolute atomic E-state index is 12.4. The van der Waals surface area contributed by atoms with Crippen molar-refractivity contribution in [2.24, 2.45) is 11.8 Å². The molecule has 0 spiro atoms. The number of aliphatic hydroxyl groups is 1. The van der Waals surface area contributed by atoms with Crippen LogP contribution in [0.3, 0.4) is 0 Å². The Kier molecular flexibility index (Phi) is 3.75. The topological polar surface area (TPSA) is 26.7 Å². The fourth-order valence-electron chi connectivity index (χ4n) is 4.31. The van der Waals surface area contributed by atoms with Crippen LogP contribution in [0.1, 0.15) is 25.7 Å². The first kappa shape index (κ1) is 14.6. The van der Waals surface area contributed by atoms with E-state index in [0.717, 1.165) is 38.8 Å². The molecule has 3 aliphatic rings. The second kappa shape index (κ2) is 5.14. The fourth-order valence-corrected chi connectivity index (χ4v) is 4.31. The van der Waals surface area contributed by atoms with Crippen LogP contribution >= 0.6 is 0 Å². The Balaban J connectivity index is 1.48. The van der Waals surface area contributed by atoms with Crippen LogP contribution in [0.5, 0.6) is 0 Å². The van der Waals surface area contributed by atoms with Gasteiger partial charge in [0.05, 0.1) is 12.1 Å². The van der Waals surface area contributed by atoms with Crippen molar-refractivity contribution >= 4 is 0 Å². The SMILES string of the molecule is OC1(CN2CC3CN(CC(F)(F)F)CC3C2)CCCC1. The molecule has 1 N–H and O–H groups in total. The minimum absolute atomic E-state index is 0.349. The van der Waals surface area contributed by atoms with E-state index in [1.54, 1.807) is 0 Å². The van der Waals surface area contributed by atoms with Gasteiger partial charge in [0.2, 0.25) is 0 Å². The summed E-state index contributed by atoms with van der Waals surface area (Å²) in [5.41, 5.74) is -0.537. The number of rotatable bonds is 3. The molecule has 0 bridgehead atoms. The van der Waals surface area contributed by atoms with Gasteiger partial charge in [0, 0.05) is 32.7 Å². The van der Waals surface area contributed by atoms with Gasteiger partial charge in [-0.1, -0.05) is 12.8 Å². The van der Waals surface area contributed by atoms with Gasteiger partial charge in [-0.15, -0.1) is 0 Å². The Hall–Kier alpha value is -0.330. The lowest BCUT2D eigenvalue weighted by molar-refractivity contribution is -0.144. The van der Waals surface area contributed by atoms with Crippen LogP contribution in [-0.2, 0) is 0 Å². The van der Waals surface area contributed by atoms with Crippen molar-refractivity contribution < 1.29 is 18.3 Å². The number of hydrogen-bond acceptors (Lipinski definition) is 3. The maximum Gasteiger partial charge on any atom is 0.401 e. The summed E-state index contributed by atoms with van der Waals surface area (Å²) >= 11 is 0. The zero-order valence-corrected chi connectivity index (χ0v) is 11.7. The summed E-state index contributed by atoms with van der Waals surface area (Å²) in [4.78, 5) is 3.81. The van der Waals surface area contributed by atoms with E-state index in [2.05, 4.69) is 4.90 Å². The molecule has 20 heavy (non-hydrogen) atoms. The summed E-state index contributed by atoms with van der Waals surface area (Å²) in [5.74, 6) is 0.699. The van der Waals surface area contributed by atoms with Crippen molar-refractivity contribution in [1.82, 2.24) is 9.80 Å². The third-order valence-electron chi connectivity index (χ3n) is 5.09. The Morgan fingerprint density at radius 1 is 0.950 bits per heavy atom. The number of alkyl halides is 3. The summed E-state index contributed by atoms with van der Waals surface area (Å²) in [6, 6.07) is 0. The van der Waals surface area contributed by atoms with Crippen LogP contribution in [0.15, 0.2) is 0 Å². The van der Waals surface area contributed by atoms with Gasteiger partial charge < -0.3 is 5.11 Å². The van der Waals surface area contributed by atoms with Gasteiger partial charge in [0.25, 0.3) is 0 Å². The standard InChI is InChI=1S/C14H23F3N2O/c15-14(16,17)10-19-7-11-5-18(6-12(11)8-19)9-13(20)3-1-2-4-13/h11-12,20H,1-10H2. The molecule has 1 aliphatic carbocycles. The molecule has 1 saturated carbocycles. The van der Waals surface area contributed by atoms with Crippen LogP contribution in [0.2, 0.25) is 0 Å². The molecule has 3 rings (SSSR count). The lowest BCUT2D eigenvalue weighted by Crippen LogP contribution is -2.42. The Morgan fingerprint density at radius 3 is 1.95 bits per heavy atom. The molecule has 0 aromatic carbocycles. The molecule has 6 heteroatoms. The number of fused-ring (bicyclic) bond motifs is 1. The van der Waals surface area contributed by atoms with Crippen LogP contribution < -0.4 is 0 Å². The normalized spacial score (nSPS) is 34.8. The molecule has 0 radical (unpaired) electrons. The zero-order chi connectivity index (χ0) is 14.4. The summed E-state index contributed by atoms with van der Waals surface area (Å²) in [5, 5.41) is 10.4. The highest BCUT2D eigenvalue weighted by Crippen LogP contribution is 2.36. The van der Waals surface area contributed by atoms with E-state index < -0.39 is 18.3 Å². The molecular weight excluding hydrogens is 269 g/mol. The number of hydrogen-bond donors (Lipinski definition) is 1. The van der Waals surface area contributed by atoms with Crippen molar-refractivity contribution in [1.29, 1.82) is 0 Å². The molecule has 2 aliphatic heterocycles. The van der Waals surface area contributed by atoms with Gasteiger partial charge in [-0.05, 0) is 24.7 Å². The van der Waals surface area contributed by atoms with Crippen molar-refractivity contribution in [3.05, 3.63) is 0 Å². The summed E-state index contributed by atoms with van der Waals surface area (Å²) < 4.78 is 37.2. The predicted molar refractivity (Wildman–Crippen MR) is 69.3 cm³/mol. The molecular formula is C14H23F3N2O. The molecule has 2 unspecified atom stereocenters. The van der Waals surface area contributed by atoms with Crippen molar-refractivity contribution in [2.75, 3.05) is 39.3 Å². The molecule has 0 amide bonds. The largest absolute Gasteiger partial charge is 0.401 e. The molecule has 2 atom stereocenters. The van der Waals surface area contributed by atoms with E-state index in [1.165, 1.54) is 4.90 Å². The average molecular weight is 292 g/mol. The van der Waals surface area contributed by atoms with Gasteiger partial charge in [-0.3, -0.25) is 9.80 Å². The van der Waals surface area contributed by atoms with Crippen molar-refractivity contribution in [2.45, 2.75) is 37.5 Å². The molecule has 0 aromatic rings. The van der Waals surface area contributed by atoms with Gasteiger partial charge in [-0.25, -0.2) is 0 Å². The minimum Gasteiger partial charge on any atom is -0.389 e.